The van der Waals surface area contributed by atoms with Gasteiger partial charge in [-0.3, -0.25) is 10.2 Å². The van der Waals surface area contributed by atoms with Crippen molar-refractivity contribution in [3.63, 3.8) is 0 Å². The van der Waals surface area contributed by atoms with E-state index >= 15 is 0 Å². The number of nitrogens with two attached hydrogens (primary N) is 3. The summed E-state index contributed by atoms with van der Waals surface area (Å²) in [5.41, 5.74) is 15.8. The van der Waals surface area contributed by atoms with Crippen molar-refractivity contribution in [1.29, 1.82) is 5.41 Å². The van der Waals surface area contributed by atoms with Gasteiger partial charge in [-0.25, -0.2) is 0 Å². The molecule has 0 bridgehead atoms. The van der Waals surface area contributed by atoms with E-state index in [1.807, 2.05) is 0 Å². The average Bonchev–Trinajstić information content (AvgIpc) is 3.04. The van der Waals surface area contributed by atoms with Crippen molar-refractivity contribution in [1.82, 2.24) is 21.3 Å². The number of nitrogens with one attached hydrogen (secondary N) is 5. The lowest BCUT2D eigenvalue weighted by Crippen LogP contribution is -2.70. The largest absolute Gasteiger partial charge is 0.392 e. The van der Waals surface area contributed by atoms with E-state index in [2.05, 4.69) is 21.3 Å². The second-order valence-corrected chi connectivity index (χ2v) is 14.0. The Morgan fingerprint density at radius 2 is 1.71 bits per heavy atom. The number of hydrogen-bond donors (Lipinski definition) is 16. The fourth-order valence-corrected chi connectivity index (χ4v) is 6.70. The summed E-state index contributed by atoms with van der Waals surface area (Å²) in [6, 6.07) is -3.66. The first-order chi connectivity index (χ1) is 23.9. The molecule has 1 aliphatic carbocycles. The number of ether oxygens (including phenoxy) is 4. The Balaban J connectivity index is 1.79. The van der Waals surface area contributed by atoms with E-state index in [4.69, 9.17) is 41.6 Å². The molecule has 2 heterocycles. The van der Waals surface area contributed by atoms with Gasteiger partial charge in [-0.2, -0.15) is 0 Å². The summed E-state index contributed by atoms with van der Waals surface area (Å²) in [5.74, 6) is -1.22. The third kappa shape index (κ3) is 11.5. The normalized spacial score (nSPS) is 40.6. The van der Waals surface area contributed by atoms with Crippen molar-refractivity contribution >= 4 is 11.9 Å². The van der Waals surface area contributed by atoms with Crippen LogP contribution in [0.15, 0.2) is 0 Å². The van der Waals surface area contributed by atoms with E-state index in [0.29, 0.717) is 19.4 Å². The first kappa shape index (κ1) is 43.5. The first-order valence-electron chi connectivity index (χ1n) is 17.2. The fourth-order valence-electron chi connectivity index (χ4n) is 6.70. The average molecular weight is 741 g/mol. The topological polar surface area (TPSA) is 366 Å². The van der Waals surface area contributed by atoms with Crippen LogP contribution >= 0.6 is 0 Å². The molecule has 19 N–H and O–H groups in total. The van der Waals surface area contributed by atoms with E-state index in [1.54, 1.807) is 6.92 Å². The van der Waals surface area contributed by atoms with Gasteiger partial charge in [-0.1, -0.05) is 0 Å². The molecule has 21 heteroatoms. The number of carbonyl (C=O) groups is 1. The monoisotopic (exact) mass is 740 g/mol. The summed E-state index contributed by atoms with van der Waals surface area (Å²) in [6.45, 7) is 3.26. The maximum Gasteiger partial charge on any atom is 0.249 e. The van der Waals surface area contributed by atoms with Gasteiger partial charge in [0.2, 0.25) is 5.91 Å². The van der Waals surface area contributed by atoms with Crippen molar-refractivity contribution in [3.05, 3.63) is 0 Å². The second-order valence-electron chi connectivity index (χ2n) is 14.0. The van der Waals surface area contributed by atoms with Gasteiger partial charge in [0.25, 0.3) is 0 Å². The molecule has 4 unspecified atom stereocenters. The van der Waals surface area contributed by atoms with Gasteiger partial charge in [0.15, 0.2) is 18.5 Å². The molecule has 51 heavy (non-hydrogen) atoms. The zero-order valence-corrected chi connectivity index (χ0v) is 29.2. The van der Waals surface area contributed by atoms with E-state index in [9.17, 15) is 45.6 Å². The molecule has 298 valence electrons. The van der Waals surface area contributed by atoms with E-state index in [1.165, 1.54) is 14.0 Å². The number of carbonyl (C=O) groups excluding carboxylic acids is 1. The molecule has 3 rings (SSSR count). The Kier molecular flexibility index (Phi) is 16.6. The smallest absolute Gasteiger partial charge is 0.249 e. The number of rotatable bonds is 17. The zero-order chi connectivity index (χ0) is 38.2. The van der Waals surface area contributed by atoms with E-state index in [0.717, 1.165) is 0 Å². The number of likely N-dealkylation sites (N-methyl/N-ethyl adjacent to an activating group) is 1. The molecule has 2 saturated heterocycles. The van der Waals surface area contributed by atoms with E-state index < -0.39 is 109 Å². The summed E-state index contributed by atoms with van der Waals surface area (Å²) in [6.07, 6.45) is -16.8. The Hall–Kier alpha value is -1.90. The molecule has 0 aromatic carbocycles. The van der Waals surface area contributed by atoms with Gasteiger partial charge in [-0.15, -0.1) is 0 Å². The van der Waals surface area contributed by atoms with Crippen molar-refractivity contribution in [2.45, 2.75) is 143 Å². The predicted octanol–water partition coefficient (Wildman–Crippen LogP) is -7.49. The maximum atomic E-state index is 13.1. The summed E-state index contributed by atoms with van der Waals surface area (Å²) >= 11 is 0. The molecular formula is C30H60N8O13. The minimum atomic E-state index is -1.79. The zero-order valence-electron chi connectivity index (χ0n) is 29.2. The van der Waals surface area contributed by atoms with E-state index in [-0.39, 0.29) is 38.5 Å². The number of hydrogen-bond acceptors (Lipinski definition) is 18. The third-order valence-electron chi connectivity index (χ3n) is 9.49. The van der Waals surface area contributed by atoms with Crippen molar-refractivity contribution < 1.29 is 64.6 Å². The fraction of sp³-hybridized carbons (Fsp3) is 0.933. The van der Waals surface area contributed by atoms with Crippen LogP contribution in [0.1, 0.15) is 39.5 Å². The molecule has 0 spiro atoms. The van der Waals surface area contributed by atoms with Crippen LogP contribution < -0.4 is 38.5 Å². The van der Waals surface area contributed by atoms with Crippen LogP contribution in [0.5, 0.6) is 0 Å². The maximum absolute atomic E-state index is 13.1. The second kappa shape index (κ2) is 19.4. The highest BCUT2D eigenvalue weighted by atomic mass is 16.7. The quantitative estimate of drug-likeness (QED) is 0.0486. The van der Waals surface area contributed by atoms with Crippen LogP contribution in [0, 0.1) is 5.41 Å². The Labute approximate surface area is 296 Å². The molecule has 2 aliphatic heterocycles. The number of guanidine groups is 1. The van der Waals surface area contributed by atoms with Gasteiger partial charge in [-0.05, 0) is 46.7 Å². The SMILES string of the molecule is CN[C@@H]1[C@@H](O)[C@@H](O[C@H]2[C@H](NC(=O)C(O)CC(C)NC(=N)N)C[C@H](N)C(O[C@H]3O[C@H](CNCC(O)CCCN)[C@@H](O)[C@H](O)[C@H]3O)[C@@H]2O)OC[C@]1(C)O. The number of aliphatic hydroxyl groups excluding tert-OH is 7. The summed E-state index contributed by atoms with van der Waals surface area (Å²) in [4.78, 5) is 13.1. The predicted molar refractivity (Wildman–Crippen MR) is 178 cm³/mol. The molecule has 21 nitrogen and oxygen atoms in total. The minimum absolute atomic E-state index is 0.0558. The first-order valence-corrected chi connectivity index (χ1v) is 17.2. The molecule has 1 amide bonds. The van der Waals surface area contributed by atoms with Gasteiger partial charge < -0.3 is 98.3 Å². The van der Waals surface area contributed by atoms with Gasteiger partial charge in [0, 0.05) is 31.6 Å². The van der Waals surface area contributed by atoms with Crippen molar-refractivity contribution in [3.8, 4) is 0 Å². The van der Waals surface area contributed by atoms with Gasteiger partial charge >= 0.3 is 0 Å². The lowest BCUT2D eigenvalue weighted by atomic mass is 9.83. The minimum Gasteiger partial charge on any atom is -0.392 e. The Bertz CT molecular complexity index is 1100. The van der Waals surface area contributed by atoms with Gasteiger partial charge in [0.1, 0.15) is 60.5 Å². The molecular weight excluding hydrogens is 680 g/mol. The Morgan fingerprint density at radius 3 is 2.33 bits per heavy atom. The molecule has 0 aromatic heterocycles. The van der Waals surface area contributed by atoms with Crippen LogP contribution in [-0.2, 0) is 23.7 Å². The van der Waals surface area contributed by atoms with Crippen molar-refractivity contribution in [2.75, 3.05) is 33.3 Å². The molecule has 0 radical (unpaired) electrons. The lowest BCUT2D eigenvalue weighted by Gasteiger charge is -2.49. The highest BCUT2D eigenvalue weighted by Crippen LogP contribution is 2.32. The van der Waals surface area contributed by atoms with Crippen LogP contribution in [0.2, 0.25) is 0 Å². The molecule has 17 atom stereocenters. The molecule has 3 fully saturated rings. The van der Waals surface area contributed by atoms with Crippen LogP contribution in [0.3, 0.4) is 0 Å². The number of amides is 1. The van der Waals surface area contributed by atoms with Crippen LogP contribution in [-0.4, -0.2) is 189 Å². The molecule has 1 saturated carbocycles. The Morgan fingerprint density at radius 1 is 1.04 bits per heavy atom. The highest BCUT2D eigenvalue weighted by molar-refractivity contribution is 5.81. The lowest BCUT2D eigenvalue weighted by molar-refractivity contribution is -0.331. The molecule has 3 aliphatic rings. The van der Waals surface area contributed by atoms with Crippen molar-refractivity contribution in [2.24, 2.45) is 17.2 Å². The van der Waals surface area contributed by atoms with Crippen LogP contribution in [0.4, 0.5) is 0 Å². The summed E-state index contributed by atoms with van der Waals surface area (Å²) in [5, 5.41) is 104. The standard InChI is InChI=1S/C30H60N8O13/c1-12(37-29(33)34)7-16(40)26(46)38-15-8-14(32)23(21(44)24(15)51-27-22(45)25(35-3)30(2,47)11-48-27)50-28-20(43)19(42)18(41)17(49-28)10-36-9-13(39)5-4-6-31/h12-25,27-28,35-36,39-45,47H,4-11,31-32H2,1-3H3,(H,38,46)(H4,33,34,37)/t12?,13?,14-,15+,16?,17+,18+,19-,20+,21-,22+,23?,24-,25+,27+,28+,30-/m0/s1. The highest BCUT2D eigenvalue weighted by Gasteiger charge is 2.53. The molecule has 0 aromatic rings. The number of aliphatic hydroxyl groups is 8. The van der Waals surface area contributed by atoms with Gasteiger partial charge in [0.05, 0.1) is 24.8 Å². The van der Waals surface area contributed by atoms with Crippen LogP contribution in [0.25, 0.3) is 0 Å². The third-order valence-corrected chi connectivity index (χ3v) is 9.49. The summed E-state index contributed by atoms with van der Waals surface area (Å²) < 4.78 is 23.5. The summed E-state index contributed by atoms with van der Waals surface area (Å²) in [7, 11) is 1.52.